The molecule has 0 amide bonds. The van der Waals surface area contributed by atoms with Crippen LogP contribution in [0, 0.1) is 5.92 Å². The van der Waals surface area contributed by atoms with Gasteiger partial charge >= 0.3 is 5.97 Å². The second-order valence-electron chi connectivity index (χ2n) is 4.23. The van der Waals surface area contributed by atoms with Crippen LogP contribution in [-0.2, 0) is 16.0 Å². The standard InChI is InChI=1S/C13H16O4/c1-2-17-13(16)11-5-3-8-7-9(14)4-6-10(8)12(11)15/h4,6-7,11-12,14-15H,2-3,5H2,1H3/t11-,12+/m0/s1. The Kier molecular flexibility index (Phi) is 3.33. The monoisotopic (exact) mass is 236 g/mol. The lowest BCUT2D eigenvalue weighted by Gasteiger charge is -2.28. The highest BCUT2D eigenvalue weighted by atomic mass is 16.5. The quantitative estimate of drug-likeness (QED) is 0.764. The van der Waals surface area contributed by atoms with Gasteiger partial charge in [0.25, 0.3) is 0 Å². The number of hydrogen-bond acceptors (Lipinski definition) is 4. The number of esters is 1. The third-order valence-electron chi connectivity index (χ3n) is 3.14. The number of aliphatic hydroxyl groups is 1. The minimum absolute atomic E-state index is 0.186. The van der Waals surface area contributed by atoms with E-state index in [0.717, 1.165) is 5.56 Å². The summed E-state index contributed by atoms with van der Waals surface area (Å²) in [7, 11) is 0. The highest BCUT2D eigenvalue weighted by Gasteiger charge is 2.34. The number of aromatic hydroxyl groups is 1. The maximum absolute atomic E-state index is 11.7. The lowest BCUT2D eigenvalue weighted by molar-refractivity contribution is -0.153. The molecule has 1 aromatic rings. The van der Waals surface area contributed by atoms with Crippen molar-refractivity contribution >= 4 is 5.97 Å². The van der Waals surface area contributed by atoms with Gasteiger partial charge < -0.3 is 14.9 Å². The average Bonchev–Trinajstić information content (AvgIpc) is 2.29. The van der Waals surface area contributed by atoms with Gasteiger partial charge in [-0.05, 0) is 43.0 Å². The lowest BCUT2D eigenvalue weighted by atomic mass is 9.81. The van der Waals surface area contributed by atoms with Crippen molar-refractivity contribution in [3.05, 3.63) is 29.3 Å². The van der Waals surface area contributed by atoms with Crippen molar-refractivity contribution in [2.45, 2.75) is 25.9 Å². The molecule has 0 heterocycles. The molecule has 1 aromatic carbocycles. The maximum Gasteiger partial charge on any atom is 0.311 e. The van der Waals surface area contributed by atoms with Gasteiger partial charge in [0, 0.05) is 0 Å². The molecular weight excluding hydrogens is 220 g/mol. The molecule has 0 aliphatic heterocycles. The molecule has 0 spiro atoms. The van der Waals surface area contributed by atoms with Crippen LogP contribution in [0.3, 0.4) is 0 Å². The summed E-state index contributed by atoms with van der Waals surface area (Å²) in [6.45, 7) is 2.07. The zero-order valence-electron chi connectivity index (χ0n) is 9.72. The first-order chi connectivity index (χ1) is 8.13. The van der Waals surface area contributed by atoms with Crippen LogP contribution < -0.4 is 0 Å². The predicted molar refractivity (Wildman–Crippen MR) is 61.5 cm³/mol. The molecule has 0 radical (unpaired) electrons. The van der Waals surface area contributed by atoms with Gasteiger partial charge in [-0.15, -0.1) is 0 Å². The van der Waals surface area contributed by atoms with Crippen LogP contribution in [-0.4, -0.2) is 22.8 Å². The van der Waals surface area contributed by atoms with E-state index in [0.29, 0.717) is 25.0 Å². The van der Waals surface area contributed by atoms with Gasteiger partial charge in [-0.2, -0.15) is 0 Å². The summed E-state index contributed by atoms with van der Waals surface area (Å²) >= 11 is 0. The molecule has 0 saturated heterocycles. The van der Waals surface area contributed by atoms with Crippen LogP contribution >= 0.6 is 0 Å². The molecule has 2 atom stereocenters. The molecule has 4 nitrogen and oxygen atoms in total. The Bertz CT molecular complexity index is 427. The second kappa shape index (κ2) is 4.75. The summed E-state index contributed by atoms with van der Waals surface area (Å²) in [5.41, 5.74) is 1.62. The first-order valence-electron chi connectivity index (χ1n) is 5.80. The highest BCUT2D eigenvalue weighted by molar-refractivity contribution is 5.74. The number of aliphatic hydroxyl groups excluding tert-OH is 1. The van der Waals surface area contributed by atoms with Crippen molar-refractivity contribution in [1.82, 2.24) is 0 Å². The van der Waals surface area contributed by atoms with Crippen molar-refractivity contribution in [3.63, 3.8) is 0 Å². The highest BCUT2D eigenvalue weighted by Crippen LogP contribution is 2.36. The van der Waals surface area contributed by atoms with Gasteiger partial charge in [0.15, 0.2) is 0 Å². The molecule has 0 unspecified atom stereocenters. The third-order valence-corrected chi connectivity index (χ3v) is 3.14. The van der Waals surface area contributed by atoms with Gasteiger partial charge in [0.1, 0.15) is 5.75 Å². The maximum atomic E-state index is 11.7. The topological polar surface area (TPSA) is 66.8 Å². The lowest BCUT2D eigenvalue weighted by Crippen LogP contribution is -2.29. The number of hydrogen-bond donors (Lipinski definition) is 2. The molecule has 1 aliphatic carbocycles. The number of ether oxygens (including phenoxy) is 1. The van der Waals surface area contributed by atoms with E-state index in [1.807, 2.05) is 0 Å². The smallest absolute Gasteiger partial charge is 0.311 e. The summed E-state index contributed by atoms with van der Waals surface area (Å²) < 4.78 is 4.94. The van der Waals surface area contributed by atoms with E-state index in [1.165, 1.54) is 6.07 Å². The molecule has 0 fully saturated rings. The predicted octanol–water partition coefficient (Wildman–Crippen LogP) is 1.55. The first-order valence-corrected chi connectivity index (χ1v) is 5.80. The molecule has 17 heavy (non-hydrogen) atoms. The number of aryl methyl sites for hydroxylation is 1. The fraction of sp³-hybridized carbons (Fsp3) is 0.462. The Hall–Kier alpha value is -1.55. The van der Waals surface area contributed by atoms with E-state index in [4.69, 9.17) is 4.74 Å². The van der Waals surface area contributed by atoms with E-state index >= 15 is 0 Å². The summed E-state index contributed by atoms with van der Waals surface area (Å²) in [6, 6.07) is 4.83. The van der Waals surface area contributed by atoms with Gasteiger partial charge in [-0.3, -0.25) is 4.79 Å². The van der Waals surface area contributed by atoms with Crippen molar-refractivity contribution in [2.24, 2.45) is 5.92 Å². The average molecular weight is 236 g/mol. The minimum atomic E-state index is -0.835. The number of carbonyl (C=O) groups is 1. The fourth-order valence-electron chi connectivity index (χ4n) is 2.28. The molecule has 0 aromatic heterocycles. The first kappa shape index (κ1) is 11.9. The number of phenolic OH excluding ortho intramolecular Hbond substituents is 1. The molecule has 0 bridgehead atoms. The number of fused-ring (bicyclic) bond motifs is 1. The van der Waals surface area contributed by atoms with Crippen molar-refractivity contribution in [1.29, 1.82) is 0 Å². The van der Waals surface area contributed by atoms with Crippen LogP contribution in [0.1, 0.15) is 30.6 Å². The van der Waals surface area contributed by atoms with Gasteiger partial charge in [-0.25, -0.2) is 0 Å². The molecule has 0 saturated carbocycles. The summed E-state index contributed by atoms with van der Waals surface area (Å²) in [5, 5.41) is 19.5. The van der Waals surface area contributed by atoms with Crippen LogP contribution in [0.4, 0.5) is 0 Å². The van der Waals surface area contributed by atoms with E-state index < -0.39 is 12.0 Å². The summed E-state index contributed by atoms with van der Waals surface area (Å²) in [4.78, 5) is 11.7. The number of carbonyl (C=O) groups excluding carboxylic acids is 1. The van der Waals surface area contributed by atoms with Crippen molar-refractivity contribution in [2.75, 3.05) is 6.61 Å². The molecule has 4 heteroatoms. The Labute approximate surface area is 99.8 Å². The Balaban J connectivity index is 2.24. The fourth-order valence-corrected chi connectivity index (χ4v) is 2.28. The zero-order valence-corrected chi connectivity index (χ0v) is 9.72. The second-order valence-corrected chi connectivity index (χ2v) is 4.23. The van der Waals surface area contributed by atoms with Gasteiger partial charge in [-0.1, -0.05) is 6.07 Å². The number of rotatable bonds is 2. The molecule has 1 aliphatic rings. The molecule has 92 valence electrons. The Morgan fingerprint density at radius 3 is 3.00 bits per heavy atom. The summed E-state index contributed by atoms with van der Waals surface area (Å²) in [5.74, 6) is -0.656. The van der Waals surface area contributed by atoms with Gasteiger partial charge in [0.05, 0.1) is 18.6 Å². The minimum Gasteiger partial charge on any atom is -0.508 e. The largest absolute Gasteiger partial charge is 0.508 e. The normalized spacial score (nSPS) is 22.9. The van der Waals surface area contributed by atoms with Crippen molar-refractivity contribution < 1.29 is 19.7 Å². The third kappa shape index (κ3) is 2.26. The SMILES string of the molecule is CCOC(=O)[C@H]1CCc2cc(O)ccc2[C@H]1O. The van der Waals surface area contributed by atoms with Crippen LogP contribution in [0.15, 0.2) is 18.2 Å². The van der Waals surface area contributed by atoms with E-state index in [-0.39, 0.29) is 11.7 Å². The Morgan fingerprint density at radius 2 is 2.29 bits per heavy atom. The van der Waals surface area contributed by atoms with E-state index in [9.17, 15) is 15.0 Å². The van der Waals surface area contributed by atoms with Crippen LogP contribution in [0.2, 0.25) is 0 Å². The molecular formula is C13H16O4. The molecule has 2 N–H and O–H groups in total. The van der Waals surface area contributed by atoms with Crippen molar-refractivity contribution in [3.8, 4) is 5.75 Å². The summed E-state index contributed by atoms with van der Waals surface area (Å²) in [6.07, 6.45) is 0.388. The van der Waals surface area contributed by atoms with E-state index in [1.54, 1.807) is 19.1 Å². The van der Waals surface area contributed by atoms with E-state index in [2.05, 4.69) is 0 Å². The Morgan fingerprint density at radius 1 is 1.53 bits per heavy atom. The number of benzene rings is 1. The molecule has 2 rings (SSSR count). The number of phenols is 1. The van der Waals surface area contributed by atoms with Crippen LogP contribution in [0.5, 0.6) is 5.75 Å². The van der Waals surface area contributed by atoms with Gasteiger partial charge in [0.2, 0.25) is 0 Å². The van der Waals surface area contributed by atoms with Crippen LogP contribution in [0.25, 0.3) is 0 Å². The zero-order chi connectivity index (χ0) is 12.4.